The van der Waals surface area contributed by atoms with Crippen molar-refractivity contribution in [1.29, 1.82) is 0 Å². The average Bonchev–Trinajstić information content (AvgIpc) is 2.89. The smallest absolute Gasteiger partial charge is 0.254 e. The molecule has 0 atom stereocenters. The van der Waals surface area contributed by atoms with Gasteiger partial charge >= 0.3 is 0 Å². The summed E-state index contributed by atoms with van der Waals surface area (Å²) in [5, 5.41) is 3.81. The summed E-state index contributed by atoms with van der Waals surface area (Å²) in [6.45, 7) is 2.32. The molecule has 0 spiro atoms. The number of aryl methyl sites for hydroxylation is 3. The van der Waals surface area contributed by atoms with Gasteiger partial charge in [-0.25, -0.2) is 0 Å². The minimum atomic E-state index is -0.241. The third-order valence-electron chi connectivity index (χ3n) is 6.11. The zero-order valence-electron chi connectivity index (χ0n) is 20.3. The summed E-state index contributed by atoms with van der Waals surface area (Å²) >= 11 is 0. The highest BCUT2D eigenvalue weighted by molar-refractivity contribution is 5.84. The normalized spacial score (nSPS) is 10.8. The Morgan fingerprint density at radius 2 is 1.60 bits per heavy atom. The van der Waals surface area contributed by atoms with Crippen molar-refractivity contribution in [2.24, 2.45) is 0 Å². The number of ether oxygens (including phenoxy) is 2. The lowest BCUT2D eigenvalue weighted by Crippen LogP contribution is -2.33. The van der Waals surface area contributed by atoms with Crippen molar-refractivity contribution < 1.29 is 14.3 Å². The van der Waals surface area contributed by atoms with Crippen molar-refractivity contribution in [2.45, 2.75) is 32.9 Å². The molecule has 0 aliphatic rings. The van der Waals surface area contributed by atoms with Crippen molar-refractivity contribution in [3.63, 3.8) is 0 Å². The molecule has 0 bridgehead atoms. The van der Waals surface area contributed by atoms with Crippen LogP contribution in [-0.2, 0) is 30.7 Å². The van der Waals surface area contributed by atoms with E-state index in [1.807, 2.05) is 42.5 Å². The Labute approximate surface area is 205 Å². The molecular formula is C29H30N2O4. The lowest BCUT2D eigenvalue weighted by molar-refractivity contribution is -0.121. The van der Waals surface area contributed by atoms with Gasteiger partial charge in [-0.1, -0.05) is 42.0 Å². The minimum absolute atomic E-state index is 0.0785. The van der Waals surface area contributed by atoms with Crippen molar-refractivity contribution in [3.8, 4) is 11.5 Å². The topological polar surface area (TPSA) is 69.6 Å². The molecule has 0 saturated heterocycles. The number of methoxy groups -OCH3 is 2. The predicted molar refractivity (Wildman–Crippen MR) is 138 cm³/mol. The first-order chi connectivity index (χ1) is 17.0. The first kappa shape index (κ1) is 24.1. The van der Waals surface area contributed by atoms with E-state index in [4.69, 9.17) is 9.47 Å². The van der Waals surface area contributed by atoms with Crippen LogP contribution >= 0.6 is 0 Å². The standard InChI is InChI=1S/C29H30N2O4/c1-20-7-9-21(10-8-20)11-12-24-16-23-13-14-26(35-3)17-27(23)31(29(24)33)19-28(32)30-18-22-5-4-6-25(15-22)34-2/h4-10,13-17H,11-12,18-19H2,1-3H3,(H,30,32). The number of nitrogens with zero attached hydrogens (tertiary/aromatic N) is 1. The summed E-state index contributed by atoms with van der Waals surface area (Å²) in [6.07, 6.45) is 1.34. The quantitative estimate of drug-likeness (QED) is 0.393. The Balaban J connectivity index is 1.59. The third-order valence-corrected chi connectivity index (χ3v) is 6.11. The average molecular weight is 471 g/mol. The number of carbonyl (C=O) groups is 1. The summed E-state index contributed by atoms with van der Waals surface area (Å²) in [5.74, 6) is 1.12. The molecule has 3 aromatic carbocycles. The summed E-state index contributed by atoms with van der Waals surface area (Å²) in [6, 6.07) is 23.4. The summed E-state index contributed by atoms with van der Waals surface area (Å²) in [7, 11) is 3.19. The number of hydrogen-bond donors (Lipinski definition) is 1. The van der Waals surface area contributed by atoms with Gasteiger partial charge < -0.3 is 14.8 Å². The number of carbonyl (C=O) groups excluding carboxylic acids is 1. The summed E-state index contributed by atoms with van der Waals surface area (Å²) in [4.78, 5) is 26.4. The van der Waals surface area contributed by atoms with Crippen molar-refractivity contribution >= 4 is 16.8 Å². The number of nitrogens with one attached hydrogen (secondary N) is 1. The molecule has 0 fully saturated rings. The van der Waals surface area contributed by atoms with Crippen LogP contribution in [0.1, 0.15) is 22.3 Å². The van der Waals surface area contributed by atoms with Gasteiger partial charge in [-0.15, -0.1) is 0 Å². The molecule has 4 aromatic rings. The maximum absolute atomic E-state index is 13.5. The fourth-order valence-electron chi connectivity index (χ4n) is 4.09. The second-order valence-electron chi connectivity index (χ2n) is 8.60. The molecule has 0 aliphatic carbocycles. The molecule has 6 nitrogen and oxygen atoms in total. The van der Waals surface area contributed by atoms with E-state index in [-0.39, 0.29) is 18.0 Å². The molecule has 180 valence electrons. The number of aromatic nitrogens is 1. The maximum Gasteiger partial charge on any atom is 0.254 e. The van der Waals surface area contributed by atoms with E-state index in [2.05, 4.69) is 36.5 Å². The second kappa shape index (κ2) is 10.9. The van der Waals surface area contributed by atoms with Crippen LogP contribution in [0.15, 0.2) is 77.6 Å². The monoisotopic (exact) mass is 470 g/mol. The predicted octanol–water partition coefficient (Wildman–Crippen LogP) is 4.43. The third kappa shape index (κ3) is 5.90. The molecule has 0 aliphatic heterocycles. The number of benzene rings is 3. The Kier molecular flexibility index (Phi) is 7.51. The Morgan fingerprint density at radius 1 is 0.857 bits per heavy atom. The largest absolute Gasteiger partial charge is 0.497 e. The van der Waals surface area contributed by atoms with E-state index in [9.17, 15) is 9.59 Å². The van der Waals surface area contributed by atoms with Gasteiger partial charge in [0.25, 0.3) is 5.56 Å². The lowest BCUT2D eigenvalue weighted by Gasteiger charge is -2.14. The van der Waals surface area contributed by atoms with Crippen LogP contribution in [0.5, 0.6) is 11.5 Å². The molecular weight excluding hydrogens is 440 g/mol. The van der Waals surface area contributed by atoms with Crippen LogP contribution in [0.2, 0.25) is 0 Å². The SMILES string of the molecule is COc1cccc(CNC(=O)Cn2c(=O)c(CCc3ccc(C)cc3)cc3ccc(OC)cc32)c1. The van der Waals surface area contributed by atoms with Crippen LogP contribution in [-0.4, -0.2) is 24.7 Å². The molecule has 35 heavy (non-hydrogen) atoms. The highest BCUT2D eigenvalue weighted by atomic mass is 16.5. The van der Waals surface area contributed by atoms with E-state index < -0.39 is 0 Å². The van der Waals surface area contributed by atoms with Gasteiger partial charge in [0.2, 0.25) is 5.91 Å². The molecule has 4 rings (SSSR count). The van der Waals surface area contributed by atoms with Crippen molar-refractivity contribution in [3.05, 3.63) is 105 Å². The maximum atomic E-state index is 13.5. The van der Waals surface area contributed by atoms with E-state index in [1.165, 1.54) is 11.1 Å². The van der Waals surface area contributed by atoms with Gasteiger partial charge in [0.05, 0.1) is 19.7 Å². The van der Waals surface area contributed by atoms with E-state index in [0.717, 1.165) is 23.1 Å². The van der Waals surface area contributed by atoms with Crippen molar-refractivity contribution in [1.82, 2.24) is 9.88 Å². The number of amides is 1. The fourth-order valence-corrected chi connectivity index (χ4v) is 4.09. The van der Waals surface area contributed by atoms with Gasteiger partial charge in [-0.3, -0.25) is 14.2 Å². The van der Waals surface area contributed by atoms with Gasteiger partial charge in [-0.05, 0) is 66.6 Å². The number of fused-ring (bicyclic) bond motifs is 1. The molecule has 1 heterocycles. The van der Waals surface area contributed by atoms with Crippen LogP contribution in [0.3, 0.4) is 0 Å². The van der Waals surface area contributed by atoms with Crippen LogP contribution < -0.4 is 20.3 Å². The Morgan fingerprint density at radius 3 is 2.34 bits per heavy atom. The van der Waals surface area contributed by atoms with Crippen LogP contribution in [0.4, 0.5) is 0 Å². The highest BCUT2D eigenvalue weighted by Gasteiger charge is 2.14. The summed E-state index contributed by atoms with van der Waals surface area (Å²) in [5.41, 5.74) is 4.50. The van der Waals surface area contributed by atoms with Gasteiger partial charge in [-0.2, -0.15) is 0 Å². The number of pyridine rings is 1. The van der Waals surface area contributed by atoms with Crippen LogP contribution in [0, 0.1) is 6.92 Å². The van der Waals surface area contributed by atoms with Crippen molar-refractivity contribution in [2.75, 3.05) is 14.2 Å². The van der Waals surface area contributed by atoms with Gasteiger partial charge in [0, 0.05) is 18.2 Å². The minimum Gasteiger partial charge on any atom is -0.497 e. The molecule has 0 unspecified atom stereocenters. The second-order valence-corrected chi connectivity index (χ2v) is 8.60. The molecule has 0 radical (unpaired) electrons. The van der Waals surface area contributed by atoms with E-state index in [0.29, 0.717) is 29.8 Å². The molecule has 0 saturated carbocycles. The van der Waals surface area contributed by atoms with E-state index >= 15 is 0 Å². The number of hydrogen-bond acceptors (Lipinski definition) is 4. The zero-order valence-corrected chi connectivity index (χ0v) is 20.3. The molecule has 6 heteroatoms. The molecule has 1 amide bonds. The molecule has 1 aromatic heterocycles. The lowest BCUT2D eigenvalue weighted by atomic mass is 10.0. The zero-order chi connectivity index (χ0) is 24.8. The van der Waals surface area contributed by atoms with E-state index in [1.54, 1.807) is 24.9 Å². The van der Waals surface area contributed by atoms with Gasteiger partial charge in [0.15, 0.2) is 0 Å². The van der Waals surface area contributed by atoms with Crippen LogP contribution in [0.25, 0.3) is 10.9 Å². The first-order valence-electron chi connectivity index (χ1n) is 11.6. The molecule has 1 N–H and O–H groups in total. The van der Waals surface area contributed by atoms with Gasteiger partial charge in [0.1, 0.15) is 18.0 Å². The highest BCUT2D eigenvalue weighted by Crippen LogP contribution is 2.21. The fraction of sp³-hybridized carbons (Fsp3) is 0.241. The Bertz CT molecular complexity index is 1390. The number of rotatable bonds is 9. The first-order valence-corrected chi connectivity index (χ1v) is 11.6. The summed E-state index contributed by atoms with van der Waals surface area (Å²) < 4.78 is 12.2. The Hall–Kier alpha value is -4.06.